The van der Waals surface area contributed by atoms with Crippen LogP contribution in [-0.4, -0.2) is 13.2 Å². The minimum absolute atomic E-state index is 0.350. The summed E-state index contributed by atoms with van der Waals surface area (Å²) in [7, 11) is -3.23. The van der Waals surface area contributed by atoms with Crippen molar-refractivity contribution in [3.05, 3.63) is 24.3 Å². The van der Waals surface area contributed by atoms with E-state index in [0.29, 0.717) is 4.90 Å². The molecule has 1 aromatic carbocycles. The lowest BCUT2D eigenvalue weighted by Gasteiger charge is -2.19. The lowest BCUT2D eigenvalue weighted by molar-refractivity contribution is 0.560. The van der Waals surface area contributed by atoms with Crippen LogP contribution in [0.1, 0.15) is 20.8 Å². The maximum atomic E-state index is 11.9. The average Bonchev–Trinajstić information content (AvgIpc) is 2.03. The van der Waals surface area contributed by atoms with Crippen molar-refractivity contribution in [2.24, 2.45) is 0 Å². The van der Waals surface area contributed by atoms with E-state index in [0.717, 1.165) is 4.90 Å². The van der Waals surface area contributed by atoms with Gasteiger partial charge in [-0.25, -0.2) is 8.42 Å². The van der Waals surface area contributed by atoms with Gasteiger partial charge in [-0.2, -0.15) is 0 Å². The summed E-state index contributed by atoms with van der Waals surface area (Å²) in [6.45, 7) is 5.07. The van der Waals surface area contributed by atoms with Gasteiger partial charge < -0.3 is 0 Å². The van der Waals surface area contributed by atoms with Gasteiger partial charge in [0.1, 0.15) is 0 Å². The Bertz CT molecular complexity index is 410. The minimum Gasteiger partial charge on any atom is -0.223 e. The van der Waals surface area contributed by atoms with Crippen LogP contribution in [0.4, 0.5) is 0 Å². The molecule has 0 saturated carbocycles. The van der Waals surface area contributed by atoms with Gasteiger partial charge in [0, 0.05) is 4.90 Å². The summed E-state index contributed by atoms with van der Waals surface area (Å²) in [4.78, 5) is 1.11. The molecule has 4 heteroatoms. The molecule has 0 spiro atoms. The van der Waals surface area contributed by atoms with E-state index in [2.05, 4.69) is 12.6 Å². The van der Waals surface area contributed by atoms with E-state index in [1.54, 1.807) is 45.0 Å². The Kier molecular flexibility index (Phi) is 2.97. The van der Waals surface area contributed by atoms with Crippen molar-refractivity contribution in [2.75, 3.05) is 0 Å². The molecule has 0 bridgehead atoms. The first kappa shape index (κ1) is 11.6. The summed E-state index contributed by atoms with van der Waals surface area (Å²) >= 11 is 4.11. The van der Waals surface area contributed by atoms with Crippen LogP contribution in [-0.2, 0) is 9.84 Å². The Morgan fingerprint density at radius 1 is 1.07 bits per heavy atom. The Morgan fingerprint density at radius 2 is 1.50 bits per heavy atom. The van der Waals surface area contributed by atoms with Crippen LogP contribution in [0.2, 0.25) is 0 Å². The summed E-state index contributed by atoms with van der Waals surface area (Å²) in [6, 6.07) is 6.54. The molecule has 0 aliphatic heterocycles. The molecule has 0 amide bonds. The van der Waals surface area contributed by atoms with Crippen LogP contribution in [0, 0.1) is 0 Å². The highest BCUT2D eigenvalue weighted by molar-refractivity contribution is 7.92. The fourth-order valence-electron chi connectivity index (χ4n) is 0.979. The first-order chi connectivity index (χ1) is 6.25. The van der Waals surface area contributed by atoms with Crippen LogP contribution >= 0.6 is 12.6 Å². The SMILES string of the molecule is CC(C)(C)S(=O)(=O)c1ccc(S)cc1. The van der Waals surface area contributed by atoms with Crippen LogP contribution < -0.4 is 0 Å². The predicted octanol–water partition coefficient (Wildman–Crippen LogP) is 2.55. The molecule has 0 N–H and O–H groups in total. The van der Waals surface area contributed by atoms with E-state index in [-0.39, 0.29) is 0 Å². The predicted molar refractivity (Wildman–Crippen MR) is 60.6 cm³/mol. The average molecular weight is 230 g/mol. The van der Waals surface area contributed by atoms with Gasteiger partial charge in [-0.15, -0.1) is 12.6 Å². The summed E-state index contributed by atoms with van der Waals surface area (Å²) in [5, 5.41) is 0. The van der Waals surface area contributed by atoms with Crippen molar-refractivity contribution < 1.29 is 8.42 Å². The van der Waals surface area contributed by atoms with E-state index in [1.807, 2.05) is 0 Å². The molecule has 1 aromatic rings. The first-order valence-electron chi connectivity index (χ1n) is 4.29. The van der Waals surface area contributed by atoms with E-state index in [1.165, 1.54) is 0 Å². The molecule has 14 heavy (non-hydrogen) atoms. The maximum absolute atomic E-state index is 11.9. The lowest BCUT2D eigenvalue weighted by Crippen LogP contribution is -2.27. The number of sulfone groups is 1. The van der Waals surface area contributed by atoms with Crippen molar-refractivity contribution in [2.45, 2.75) is 35.3 Å². The maximum Gasteiger partial charge on any atom is 0.183 e. The third kappa shape index (κ3) is 2.12. The zero-order valence-electron chi connectivity index (χ0n) is 8.48. The van der Waals surface area contributed by atoms with Crippen molar-refractivity contribution in [1.82, 2.24) is 0 Å². The van der Waals surface area contributed by atoms with Crippen molar-refractivity contribution in [3.8, 4) is 0 Å². The largest absolute Gasteiger partial charge is 0.223 e. The van der Waals surface area contributed by atoms with Gasteiger partial charge in [0.25, 0.3) is 0 Å². The molecule has 2 nitrogen and oxygen atoms in total. The fourth-order valence-corrected chi connectivity index (χ4v) is 2.33. The van der Waals surface area contributed by atoms with Crippen LogP contribution in [0.25, 0.3) is 0 Å². The molecule has 0 aliphatic carbocycles. The Labute approximate surface area is 90.7 Å². The third-order valence-corrected chi connectivity index (χ3v) is 4.76. The van der Waals surface area contributed by atoms with Crippen LogP contribution in [0.3, 0.4) is 0 Å². The second kappa shape index (κ2) is 3.59. The highest BCUT2D eigenvalue weighted by Crippen LogP contribution is 2.25. The Morgan fingerprint density at radius 3 is 1.86 bits per heavy atom. The van der Waals surface area contributed by atoms with Gasteiger partial charge >= 0.3 is 0 Å². The highest BCUT2D eigenvalue weighted by atomic mass is 32.2. The molecule has 0 aliphatic rings. The van der Waals surface area contributed by atoms with Crippen molar-refractivity contribution in [1.29, 1.82) is 0 Å². The minimum atomic E-state index is -3.23. The van der Waals surface area contributed by atoms with E-state index in [4.69, 9.17) is 0 Å². The number of hydrogen-bond donors (Lipinski definition) is 1. The van der Waals surface area contributed by atoms with E-state index < -0.39 is 14.6 Å². The van der Waals surface area contributed by atoms with Gasteiger partial charge in [0.2, 0.25) is 0 Å². The monoisotopic (exact) mass is 230 g/mol. The van der Waals surface area contributed by atoms with E-state index >= 15 is 0 Å². The number of benzene rings is 1. The normalized spacial score (nSPS) is 12.9. The molecular formula is C10H14O2S2. The van der Waals surface area contributed by atoms with Crippen molar-refractivity contribution >= 4 is 22.5 Å². The standard InChI is InChI=1S/C10H14O2S2/c1-10(2,3)14(11,12)9-6-4-8(13)5-7-9/h4-7,13H,1-3H3. The molecule has 0 aromatic heterocycles. The number of rotatable bonds is 1. The first-order valence-corrected chi connectivity index (χ1v) is 6.22. The van der Waals surface area contributed by atoms with E-state index in [9.17, 15) is 8.42 Å². The molecule has 1 rings (SSSR count). The molecule has 0 unspecified atom stereocenters. The second-order valence-corrected chi connectivity index (χ2v) is 7.33. The molecular weight excluding hydrogens is 216 g/mol. The quantitative estimate of drug-likeness (QED) is 0.752. The molecule has 0 fully saturated rings. The third-order valence-electron chi connectivity index (χ3n) is 1.95. The molecule has 78 valence electrons. The van der Waals surface area contributed by atoms with Gasteiger partial charge in [0.05, 0.1) is 9.64 Å². The smallest absolute Gasteiger partial charge is 0.183 e. The molecule has 0 heterocycles. The van der Waals surface area contributed by atoms with Crippen molar-refractivity contribution in [3.63, 3.8) is 0 Å². The molecule has 0 saturated heterocycles. The molecule has 0 atom stereocenters. The Hall–Kier alpha value is -0.480. The van der Waals surface area contributed by atoms with Gasteiger partial charge in [-0.05, 0) is 45.0 Å². The summed E-state index contributed by atoms with van der Waals surface area (Å²) in [5.41, 5.74) is 0. The summed E-state index contributed by atoms with van der Waals surface area (Å²) < 4.78 is 23.1. The zero-order valence-corrected chi connectivity index (χ0v) is 10.2. The van der Waals surface area contributed by atoms with Gasteiger partial charge in [-0.3, -0.25) is 0 Å². The second-order valence-electron chi connectivity index (χ2n) is 4.11. The van der Waals surface area contributed by atoms with Gasteiger partial charge in [0.15, 0.2) is 9.84 Å². The number of thiol groups is 1. The Balaban J connectivity index is 3.25. The topological polar surface area (TPSA) is 34.1 Å². The summed E-state index contributed by atoms with van der Waals surface area (Å²) in [6.07, 6.45) is 0. The van der Waals surface area contributed by atoms with Gasteiger partial charge in [-0.1, -0.05) is 0 Å². The van der Waals surface area contributed by atoms with Crippen LogP contribution in [0.15, 0.2) is 34.1 Å². The summed E-state index contributed by atoms with van der Waals surface area (Å²) in [5.74, 6) is 0. The lowest BCUT2D eigenvalue weighted by atomic mass is 10.3. The zero-order chi connectivity index (χ0) is 11.0. The number of hydrogen-bond acceptors (Lipinski definition) is 3. The fraction of sp³-hybridized carbons (Fsp3) is 0.400. The molecule has 0 radical (unpaired) electrons. The van der Waals surface area contributed by atoms with Crippen LogP contribution in [0.5, 0.6) is 0 Å². The highest BCUT2D eigenvalue weighted by Gasteiger charge is 2.30.